The fraction of sp³-hybridized carbons (Fsp3) is 0.0625. The smallest absolute Gasteiger partial charge is 0.345 e. The number of nitrogens with two attached hydrogens (primary N) is 1. The van der Waals surface area contributed by atoms with Gasteiger partial charge >= 0.3 is 5.97 Å². The minimum Gasteiger partial charge on any atom is -0.493 e. The van der Waals surface area contributed by atoms with Crippen LogP contribution < -0.4 is 20.6 Å². The van der Waals surface area contributed by atoms with Gasteiger partial charge in [0.15, 0.2) is 28.2 Å². The van der Waals surface area contributed by atoms with Crippen molar-refractivity contribution in [2.24, 2.45) is 10.8 Å². The average molecular weight is 400 g/mol. The van der Waals surface area contributed by atoms with E-state index in [0.29, 0.717) is 17.7 Å². The van der Waals surface area contributed by atoms with Crippen LogP contribution in [0.5, 0.6) is 11.5 Å². The first kappa shape index (κ1) is 19.5. The monoisotopic (exact) mass is 399 g/mol. The van der Waals surface area contributed by atoms with Crippen LogP contribution in [0.25, 0.3) is 0 Å². The Morgan fingerprint density at radius 1 is 1.27 bits per heavy atom. The van der Waals surface area contributed by atoms with E-state index in [1.165, 1.54) is 25.5 Å². The van der Waals surface area contributed by atoms with Crippen molar-refractivity contribution < 1.29 is 23.0 Å². The van der Waals surface area contributed by atoms with E-state index in [2.05, 4.69) is 22.7 Å². The van der Waals surface area contributed by atoms with Gasteiger partial charge in [-0.1, -0.05) is 11.6 Å². The first-order valence-electron chi connectivity index (χ1n) is 6.95. The van der Waals surface area contributed by atoms with Crippen LogP contribution in [0.15, 0.2) is 35.4 Å². The Bertz CT molecular complexity index is 893. The lowest BCUT2D eigenvalue weighted by Gasteiger charge is -2.11. The number of hydrogen-bond acceptors (Lipinski definition) is 5. The van der Waals surface area contributed by atoms with Gasteiger partial charge in [0.2, 0.25) is 0 Å². The molecule has 0 aliphatic carbocycles. The summed E-state index contributed by atoms with van der Waals surface area (Å²) in [6.07, 6.45) is 1.42. The summed E-state index contributed by atoms with van der Waals surface area (Å²) in [4.78, 5) is 12.2. The second-order valence-electron chi connectivity index (χ2n) is 4.78. The summed E-state index contributed by atoms with van der Waals surface area (Å²) in [7, 11) is 1.37. The Balaban J connectivity index is 2.23. The summed E-state index contributed by atoms with van der Waals surface area (Å²) < 4.78 is 36.7. The van der Waals surface area contributed by atoms with Gasteiger partial charge in [-0.3, -0.25) is 5.43 Å². The second-order valence-corrected chi connectivity index (χ2v) is 5.63. The zero-order chi connectivity index (χ0) is 19.3. The van der Waals surface area contributed by atoms with Gasteiger partial charge < -0.3 is 15.2 Å². The minimum absolute atomic E-state index is 0.00201. The molecule has 0 amide bonds. The number of benzene rings is 2. The molecule has 0 aromatic heterocycles. The Labute approximate surface area is 157 Å². The largest absolute Gasteiger partial charge is 0.493 e. The van der Waals surface area contributed by atoms with Crippen LogP contribution in [-0.4, -0.2) is 24.4 Å². The third kappa shape index (κ3) is 4.87. The summed E-state index contributed by atoms with van der Waals surface area (Å²) in [5.74, 6) is -3.10. The Kier molecular flexibility index (Phi) is 6.42. The number of halogens is 3. The number of carbonyl (C=O) groups is 1. The van der Waals surface area contributed by atoms with E-state index in [9.17, 15) is 13.6 Å². The van der Waals surface area contributed by atoms with Crippen LogP contribution in [0.3, 0.4) is 0 Å². The quantitative estimate of drug-likeness (QED) is 0.201. The Morgan fingerprint density at radius 2 is 1.96 bits per heavy atom. The molecule has 2 aromatic rings. The molecule has 0 atom stereocenters. The predicted octanol–water partition coefficient (Wildman–Crippen LogP) is 3.01. The van der Waals surface area contributed by atoms with Gasteiger partial charge in [-0.2, -0.15) is 5.10 Å². The van der Waals surface area contributed by atoms with Crippen molar-refractivity contribution >= 4 is 41.1 Å². The topological polar surface area (TPSA) is 85.9 Å². The molecule has 26 heavy (non-hydrogen) atoms. The van der Waals surface area contributed by atoms with E-state index in [1.54, 1.807) is 6.07 Å². The molecule has 0 radical (unpaired) electrons. The van der Waals surface area contributed by atoms with Crippen LogP contribution in [0.2, 0.25) is 5.02 Å². The number of rotatable bonds is 5. The number of hydrogen-bond donors (Lipinski definition) is 2. The van der Waals surface area contributed by atoms with Gasteiger partial charge in [0.25, 0.3) is 0 Å². The lowest BCUT2D eigenvalue weighted by Crippen LogP contribution is -2.23. The number of hydrazone groups is 1. The highest BCUT2D eigenvalue weighted by molar-refractivity contribution is 7.80. The van der Waals surface area contributed by atoms with Crippen molar-refractivity contribution in [3.8, 4) is 11.5 Å². The highest BCUT2D eigenvalue weighted by atomic mass is 35.5. The lowest BCUT2D eigenvalue weighted by atomic mass is 10.2. The molecular weight excluding hydrogens is 388 g/mol. The van der Waals surface area contributed by atoms with Gasteiger partial charge in [0, 0.05) is 0 Å². The van der Waals surface area contributed by atoms with Crippen LogP contribution in [0, 0.1) is 11.6 Å². The van der Waals surface area contributed by atoms with Crippen LogP contribution in [-0.2, 0) is 0 Å². The Morgan fingerprint density at radius 3 is 2.62 bits per heavy atom. The molecule has 0 saturated carbocycles. The average Bonchev–Trinajstić information content (AvgIpc) is 2.58. The first-order valence-corrected chi connectivity index (χ1v) is 7.73. The van der Waals surface area contributed by atoms with Gasteiger partial charge in [-0.25, -0.2) is 13.6 Å². The number of ether oxygens (including phenoxy) is 2. The maximum Gasteiger partial charge on any atom is 0.345 e. The van der Waals surface area contributed by atoms with Gasteiger partial charge in [-0.15, -0.1) is 0 Å². The molecule has 0 fully saturated rings. The van der Waals surface area contributed by atoms with E-state index in [4.69, 9.17) is 26.8 Å². The molecule has 10 heteroatoms. The van der Waals surface area contributed by atoms with E-state index in [0.717, 1.165) is 0 Å². The number of carbonyl (C=O) groups excluding carboxylic acids is 1. The summed E-state index contributed by atoms with van der Waals surface area (Å²) >= 11 is 10.4. The third-order valence-electron chi connectivity index (χ3n) is 3.01. The first-order chi connectivity index (χ1) is 12.3. The Hall–Kier alpha value is -2.78. The van der Waals surface area contributed by atoms with E-state index in [1.807, 2.05) is 0 Å². The number of nitrogens with zero attached hydrogens (tertiary/aromatic N) is 1. The molecule has 2 rings (SSSR count). The lowest BCUT2D eigenvalue weighted by molar-refractivity contribution is 0.0729. The summed E-state index contributed by atoms with van der Waals surface area (Å²) in [5, 5.41) is 3.51. The van der Waals surface area contributed by atoms with Crippen molar-refractivity contribution in [3.05, 3.63) is 58.1 Å². The maximum atomic E-state index is 13.3. The zero-order valence-electron chi connectivity index (χ0n) is 13.3. The van der Waals surface area contributed by atoms with Crippen molar-refractivity contribution in [2.75, 3.05) is 7.11 Å². The fourth-order valence-corrected chi connectivity index (χ4v) is 2.13. The number of esters is 1. The third-order valence-corrected chi connectivity index (χ3v) is 3.41. The molecule has 0 spiro atoms. The van der Waals surface area contributed by atoms with Crippen LogP contribution in [0.1, 0.15) is 15.9 Å². The van der Waals surface area contributed by atoms with Crippen molar-refractivity contribution in [3.63, 3.8) is 0 Å². The van der Waals surface area contributed by atoms with E-state index >= 15 is 0 Å². The number of nitrogens with one attached hydrogen (secondary N) is 1. The molecule has 0 saturated heterocycles. The van der Waals surface area contributed by atoms with Crippen LogP contribution >= 0.6 is 23.8 Å². The van der Waals surface area contributed by atoms with Crippen molar-refractivity contribution in [2.45, 2.75) is 0 Å². The molecule has 0 aliphatic rings. The standard InChI is InChI=1S/C16H12ClF2N3O3S/c1-24-14-4-8(7-21-22-16(20)26)2-3-13(14)25-15(23)9-5-11(18)12(19)6-10(9)17/h2-7H,1H3,(H3,20,22,26). The predicted molar refractivity (Wildman–Crippen MR) is 96.8 cm³/mol. The zero-order valence-corrected chi connectivity index (χ0v) is 14.8. The van der Waals surface area contributed by atoms with Gasteiger partial charge in [0.1, 0.15) is 0 Å². The van der Waals surface area contributed by atoms with Crippen molar-refractivity contribution in [1.82, 2.24) is 5.43 Å². The van der Waals surface area contributed by atoms with E-state index in [-0.39, 0.29) is 27.2 Å². The summed E-state index contributed by atoms with van der Waals surface area (Å²) in [5.41, 5.74) is 7.90. The number of methoxy groups -OCH3 is 1. The molecule has 3 N–H and O–H groups in total. The summed E-state index contributed by atoms with van der Waals surface area (Å²) in [6.45, 7) is 0. The van der Waals surface area contributed by atoms with E-state index < -0.39 is 17.6 Å². The highest BCUT2D eigenvalue weighted by Crippen LogP contribution is 2.29. The number of thiocarbonyl (C=S) groups is 1. The highest BCUT2D eigenvalue weighted by Gasteiger charge is 2.18. The molecule has 0 heterocycles. The molecule has 136 valence electrons. The molecule has 6 nitrogen and oxygen atoms in total. The molecule has 2 aromatic carbocycles. The molecule has 0 bridgehead atoms. The molecule has 0 aliphatic heterocycles. The maximum absolute atomic E-state index is 13.3. The normalized spacial score (nSPS) is 10.6. The van der Waals surface area contributed by atoms with Crippen molar-refractivity contribution in [1.29, 1.82) is 0 Å². The fourth-order valence-electron chi connectivity index (χ4n) is 1.85. The molecular formula is C16H12ClF2N3O3S. The van der Waals surface area contributed by atoms with Gasteiger partial charge in [0.05, 0.1) is 23.9 Å². The minimum atomic E-state index is -1.22. The van der Waals surface area contributed by atoms with Crippen LogP contribution in [0.4, 0.5) is 8.78 Å². The molecule has 0 unspecified atom stereocenters. The van der Waals surface area contributed by atoms with Gasteiger partial charge in [-0.05, 0) is 48.1 Å². The summed E-state index contributed by atoms with van der Waals surface area (Å²) in [6, 6.07) is 5.89. The second kappa shape index (κ2) is 8.54. The SMILES string of the molecule is COc1cc(C=NNC(N)=S)ccc1OC(=O)c1cc(F)c(F)cc1Cl.